The van der Waals surface area contributed by atoms with Gasteiger partial charge in [0.2, 0.25) is 11.9 Å². The van der Waals surface area contributed by atoms with Crippen molar-refractivity contribution in [3.8, 4) is 5.75 Å². The van der Waals surface area contributed by atoms with E-state index in [1.165, 1.54) is 24.3 Å². The van der Waals surface area contributed by atoms with Crippen LogP contribution in [0, 0.1) is 0 Å². The van der Waals surface area contributed by atoms with Crippen LogP contribution in [0.4, 0.5) is 47.9 Å². The van der Waals surface area contributed by atoms with Gasteiger partial charge in [-0.25, -0.2) is 15.0 Å². The summed E-state index contributed by atoms with van der Waals surface area (Å²) in [6, 6.07) is 9.01. The summed E-state index contributed by atoms with van der Waals surface area (Å²) in [5.74, 6) is 1.20. The van der Waals surface area contributed by atoms with Gasteiger partial charge in [0, 0.05) is 32.2 Å². The number of rotatable bonds is 7. The molecule has 0 radical (unpaired) electrons. The van der Waals surface area contributed by atoms with Crippen molar-refractivity contribution in [3.05, 3.63) is 61.2 Å². The maximum Gasteiger partial charge on any atom is 0.573 e. The molecule has 5 aromatic rings. The molecule has 0 aliphatic heterocycles. The molecule has 14 heteroatoms. The number of benzene rings is 1. The lowest BCUT2D eigenvalue weighted by Crippen LogP contribution is -2.17. The lowest BCUT2D eigenvalue weighted by atomic mass is 10.3. The minimum absolute atomic E-state index is 0.305. The molecule has 4 heterocycles. The molecule has 0 saturated carbocycles. The summed E-state index contributed by atoms with van der Waals surface area (Å²) < 4.78 is 42.8. The molecule has 0 amide bonds. The highest BCUT2D eigenvalue weighted by molar-refractivity contribution is 5.80. The second-order valence-electron chi connectivity index (χ2n) is 7.64. The van der Waals surface area contributed by atoms with E-state index in [0.29, 0.717) is 34.6 Å². The number of H-pyrrole nitrogens is 1. The molecule has 184 valence electrons. The molecule has 0 fully saturated rings. The van der Waals surface area contributed by atoms with Crippen LogP contribution in [0.5, 0.6) is 5.75 Å². The van der Waals surface area contributed by atoms with Crippen molar-refractivity contribution < 1.29 is 17.9 Å². The van der Waals surface area contributed by atoms with Gasteiger partial charge >= 0.3 is 6.36 Å². The highest BCUT2D eigenvalue weighted by Crippen LogP contribution is 2.28. The van der Waals surface area contributed by atoms with Gasteiger partial charge in [-0.3, -0.25) is 9.67 Å². The fourth-order valence-electron chi connectivity index (χ4n) is 3.41. The predicted molar refractivity (Wildman–Crippen MR) is 127 cm³/mol. The van der Waals surface area contributed by atoms with Gasteiger partial charge in [0.05, 0.1) is 23.8 Å². The Balaban J connectivity index is 1.35. The Morgan fingerprint density at radius 2 is 1.81 bits per heavy atom. The van der Waals surface area contributed by atoms with Crippen LogP contribution >= 0.6 is 0 Å². The number of hydrogen-bond acceptors (Lipinski definition) is 9. The van der Waals surface area contributed by atoms with Gasteiger partial charge in [-0.1, -0.05) is 0 Å². The quantitative estimate of drug-likeness (QED) is 0.296. The van der Waals surface area contributed by atoms with E-state index in [9.17, 15) is 13.2 Å². The molecule has 0 bridgehead atoms. The number of nitrogens with zero attached hydrogens (tertiary/aromatic N) is 7. The number of ether oxygens (including phenoxy) is 1. The molecule has 11 nitrogen and oxygen atoms in total. The van der Waals surface area contributed by atoms with E-state index >= 15 is 0 Å². The molecule has 3 N–H and O–H groups in total. The van der Waals surface area contributed by atoms with E-state index in [2.05, 4.69) is 45.5 Å². The van der Waals surface area contributed by atoms with Crippen molar-refractivity contribution in [2.24, 2.45) is 7.05 Å². The van der Waals surface area contributed by atoms with Crippen molar-refractivity contribution in [2.75, 3.05) is 22.6 Å². The minimum Gasteiger partial charge on any atom is -0.406 e. The molecule has 0 saturated heterocycles. The second kappa shape index (κ2) is 9.05. The highest BCUT2D eigenvalue weighted by Gasteiger charge is 2.31. The minimum atomic E-state index is -4.74. The number of alkyl halides is 3. The molecule has 4 aromatic heterocycles. The SMILES string of the molecule is CN(c1cnc2c(c1)nc(Nc1ccc(OC(F)(F)F)cc1)n2C)c1ccnc(Nc2cn[nH]c2)n1. The maximum atomic E-state index is 12.4. The lowest BCUT2D eigenvalue weighted by Gasteiger charge is -2.18. The van der Waals surface area contributed by atoms with Gasteiger partial charge in [0.1, 0.15) is 17.1 Å². The largest absolute Gasteiger partial charge is 0.573 e. The standard InChI is InChI=1S/C22H19F3N10O/c1-34(18-7-8-26-20(33-18)30-14-10-28-29-11-14)15-9-17-19(27-12-15)35(2)21(32-17)31-13-3-5-16(6-4-13)36-22(23,24)25/h3-12H,1-2H3,(H,28,29)(H,31,32)(H,26,30,33). The van der Waals surface area contributed by atoms with Gasteiger partial charge in [-0.15, -0.1) is 13.2 Å². The third-order valence-electron chi connectivity index (χ3n) is 5.16. The number of imidazole rings is 1. The summed E-state index contributed by atoms with van der Waals surface area (Å²) in [7, 11) is 3.63. The Morgan fingerprint density at radius 1 is 1.00 bits per heavy atom. The van der Waals surface area contributed by atoms with Crippen LogP contribution in [-0.2, 0) is 7.05 Å². The fourth-order valence-corrected chi connectivity index (χ4v) is 3.41. The first-order chi connectivity index (χ1) is 17.2. The molecular weight excluding hydrogens is 477 g/mol. The van der Waals surface area contributed by atoms with Crippen molar-refractivity contribution in [1.29, 1.82) is 0 Å². The predicted octanol–water partition coefficient (Wildman–Crippen LogP) is 4.64. The third kappa shape index (κ3) is 4.96. The molecule has 1 aromatic carbocycles. The first kappa shape index (κ1) is 22.9. The van der Waals surface area contributed by atoms with E-state index < -0.39 is 6.36 Å². The van der Waals surface area contributed by atoms with E-state index in [4.69, 9.17) is 0 Å². The van der Waals surface area contributed by atoms with Crippen molar-refractivity contribution >= 4 is 45.9 Å². The topological polar surface area (TPSA) is 122 Å². The number of aromatic nitrogens is 7. The van der Waals surface area contributed by atoms with Gasteiger partial charge in [-0.05, 0) is 36.4 Å². The number of fused-ring (bicyclic) bond motifs is 1. The van der Waals surface area contributed by atoms with Crippen molar-refractivity contribution in [2.45, 2.75) is 6.36 Å². The van der Waals surface area contributed by atoms with Crippen LogP contribution in [0.2, 0.25) is 0 Å². The van der Waals surface area contributed by atoms with Gasteiger partial charge in [0.15, 0.2) is 5.65 Å². The Bertz CT molecular complexity index is 1480. The molecule has 0 spiro atoms. The highest BCUT2D eigenvalue weighted by atomic mass is 19.4. The third-order valence-corrected chi connectivity index (χ3v) is 5.16. The molecule has 0 atom stereocenters. The maximum absolute atomic E-state index is 12.4. The fraction of sp³-hybridized carbons (Fsp3) is 0.136. The van der Waals surface area contributed by atoms with Crippen LogP contribution < -0.4 is 20.3 Å². The van der Waals surface area contributed by atoms with Crippen LogP contribution in [0.3, 0.4) is 0 Å². The monoisotopic (exact) mass is 496 g/mol. The first-order valence-corrected chi connectivity index (χ1v) is 10.5. The summed E-state index contributed by atoms with van der Waals surface area (Å²) in [5, 5.41) is 12.7. The summed E-state index contributed by atoms with van der Waals surface area (Å²) in [6.07, 6.45) is 1.90. The summed E-state index contributed by atoms with van der Waals surface area (Å²) in [4.78, 5) is 19.7. The van der Waals surface area contributed by atoms with Crippen LogP contribution in [0.25, 0.3) is 11.2 Å². The van der Waals surface area contributed by atoms with Gasteiger partial charge in [-0.2, -0.15) is 10.1 Å². The number of pyridine rings is 1. The molecule has 0 aliphatic rings. The number of nitrogens with one attached hydrogen (secondary N) is 3. The lowest BCUT2D eigenvalue weighted by molar-refractivity contribution is -0.274. The number of hydrogen-bond donors (Lipinski definition) is 3. The molecule has 5 rings (SSSR count). The van der Waals surface area contributed by atoms with Crippen LogP contribution in [0.1, 0.15) is 0 Å². The van der Waals surface area contributed by atoms with Crippen molar-refractivity contribution in [3.63, 3.8) is 0 Å². The normalized spacial score (nSPS) is 11.5. The summed E-state index contributed by atoms with van der Waals surface area (Å²) in [5.41, 5.74) is 3.26. The van der Waals surface area contributed by atoms with Crippen LogP contribution in [0.15, 0.2) is 61.2 Å². The molecule has 0 aliphatic carbocycles. The number of halogens is 3. The van der Waals surface area contributed by atoms with Crippen LogP contribution in [-0.4, -0.2) is 48.1 Å². The van der Waals surface area contributed by atoms with Gasteiger partial charge in [0.25, 0.3) is 0 Å². The van der Waals surface area contributed by atoms with E-state index in [1.54, 1.807) is 42.5 Å². The van der Waals surface area contributed by atoms with E-state index in [1.807, 2.05) is 18.0 Å². The Kier molecular flexibility index (Phi) is 5.76. The Morgan fingerprint density at radius 3 is 2.53 bits per heavy atom. The molecular formula is C22H19F3N10O. The summed E-state index contributed by atoms with van der Waals surface area (Å²) >= 11 is 0. The van der Waals surface area contributed by atoms with Gasteiger partial charge < -0.3 is 20.3 Å². The van der Waals surface area contributed by atoms with E-state index in [-0.39, 0.29) is 5.75 Å². The zero-order chi connectivity index (χ0) is 25.3. The molecule has 36 heavy (non-hydrogen) atoms. The number of aromatic amines is 1. The Labute approximate surface area is 202 Å². The average Bonchev–Trinajstić information content (AvgIpc) is 3.46. The number of anilines is 6. The second-order valence-corrected chi connectivity index (χ2v) is 7.64. The average molecular weight is 496 g/mol. The summed E-state index contributed by atoms with van der Waals surface area (Å²) in [6.45, 7) is 0. The Hall–Kier alpha value is -4.88. The molecule has 0 unspecified atom stereocenters. The van der Waals surface area contributed by atoms with Crippen molar-refractivity contribution in [1.82, 2.24) is 34.7 Å². The first-order valence-electron chi connectivity index (χ1n) is 10.5. The van der Waals surface area contributed by atoms with E-state index in [0.717, 1.165) is 11.4 Å². The zero-order valence-corrected chi connectivity index (χ0v) is 18.9. The smallest absolute Gasteiger partial charge is 0.406 e. The zero-order valence-electron chi connectivity index (χ0n) is 18.9. The number of aryl methyl sites for hydroxylation is 1.